The van der Waals surface area contributed by atoms with Crippen molar-refractivity contribution >= 4 is 5.96 Å². The largest absolute Gasteiger partial charge is 0.385 e. The minimum absolute atomic E-state index is 0.368. The van der Waals surface area contributed by atoms with Gasteiger partial charge in [-0.2, -0.15) is 0 Å². The maximum absolute atomic E-state index is 5.32. The number of nitrogens with one attached hydrogen (secondary N) is 2. The summed E-state index contributed by atoms with van der Waals surface area (Å²) in [7, 11) is 1.80. The number of benzene rings is 1. The quantitative estimate of drug-likeness (QED) is 0.465. The molecule has 2 unspecified atom stereocenters. The summed E-state index contributed by atoms with van der Waals surface area (Å²) in [5, 5.41) is 7.07. The van der Waals surface area contributed by atoms with Gasteiger partial charge in [-0.1, -0.05) is 36.8 Å². The summed E-state index contributed by atoms with van der Waals surface area (Å²) in [6.45, 7) is 10.3. The van der Waals surface area contributed by atoms with Crippen molar-refractivity contribution in [3.63, 3.8) is 0 Å². The number of nitrogens with zero attached hydrogens (tertiary/aromatic N) is 2. The fraction of sp³-hybridized carbons (Fsp3) is 0.708. The lowest BCUT2D eigenvalue weighted by atomic mass is 9.67. The lowest BCUT2D eigenvalue weighted by molar-refractivity contribution is 0.0778. The Balaban J connectivity index is 1.48. The average Bonchev–Trinajstić information content (AvgIpc) is 3.05. The van der Waals surface area contributed by atoms with Crippen LogP contribution in [0, 0.1) is 11.3 Å². The third kappa shape index (κ3) is 6.45. The molecular formula is C24H40N4O. The van der Waals surface area contributed by atoms with E-state index in [4.69, 9.17) is 9.73 Å². The highest BCUT2D eigenvalue weighted by Crippen LogP contribution is 2.44. The third-order valence-corrected chi connectivity index (χ3v) is 6.74. The van der Waals surface area contributed by atoms with Crippen LogP contribution in [0.3, 0.4) is 0 Å². The lowest BCUT2D eigenvalue weighted by Gasteiger charge is -2.40. The third-order valence-electron chi connectivity index (χ3n) is 6.74. The second-order valence-electron chi connectivity index (χ2n) is 9.04. The molecule has 2 aliphatic rings. The van der Waals surface area contributed by atoms with Gasteiger partial charge >= 0.3 is 0 Å². The van der Waals surface area contributed by atoms with Gasteiger partial charge in [-0.15, -0.1) is 0 Å². The molecule has 5 heteroatoms. The predicted octanol–water partition coefficient (Wildman–Crippen LogP) is 3.66. The highest BCUT2D eigenvalue weighted by atomic mass is 16.5. The van der Waals surface area contributed by atoms with E-state index in [9.17, 15) is 0 Å². The molecule has 29 heavy (non-hydrogen) atoms. The molecule has 0 bridgehead atoms. The van der Waals surface area contributed by atoms with E-state index in [1.165, 1.54) is 31.2 Å². The van der Waals surface area contributed by atoms with Gasteiger partial charge < -0.3 is 15.4 Å². The number of hydrogen-bond donors (Lipinski definition) is 2. The summed E-state index contributed by atoms with van der Waals surface area (Å²) in [4.78, 5) is 7.56. The summed E-state index contributed by atoms with van der Waals surface area (Å²) in [6, 6.07) is 11.5. The van der Waals surface area contributed by atoms with Crippen molar-refractivity contribution in [2.24, 2.45) is 16.3 Å². The van der Waals surface area contributed by atoms with Crippen molar-refractivity contribution in [1.82, 2.24) is 15.5 Å². The molecule has 1 saturated heterocycles. The molecule has 1 aliphatic heterocycles. The first-order chi connectivity index (χ1) is 14.1. The first-order valence-electron chi connectivity index (χ1n) is 11.4. The fourth-order valence-electron chi connectivity index (χ4n) is 4.72. The van der Waals surface area contributed by atoms with Crippen molar-refractivity contribution in [3.8, 4) is 0 Å². The monoisotopic (exact) mass is 400 g/mol. The van der Waals surface area contributed by atoms with Crippen molar-refractivity contribution < 1.29 is 4.74 Å². The minimum Gasteiger partial charge on any atom is -0.385 e. The number of aliphatic imine (C=N–C) groups is 1. The first-order valence-corrected chi connectivity index (χ1v) is 11.4. The molecule has 2 atom stereocenters. The Morgan fingerprint density at radius 1 is 1.24 bits per heavy atom. The molecule has 2 fully saturated rings. The number of methoxy groups -OCH3 is 1. The zero-order valence-electron chi connectivity index (χ0n) is 18.6. The molecule has 3 rings (SSSR count). The smallest absolute Gasteiger partial charge is 0.191 e. The van der Waals surface area contributed by atoms with Crippen LogP contribution < -0.4 is 10.6 Å². The van der Waals surface area contributed by atoms with Crippen molar-refractivity contribution in [3.05, 3.63) is 35.9 Å². The lowest BCUT2D eigenvalue weighted by Crippen LogP contribution is -2.42. The first kappa shape index (κ1) is 22.1. The summed E-state index contributed by atoms with van der Waals surface area (Å²) in [5.74, 6) is 1.65. The van der Waals surface area contributed by atoms with Crippen LogP contribution in [-0.4, -0.2) is 56.8 Å². The molecule has 0 aromatic heterocycles. The van der Waals surface area contributed by atoms with Crippen LogP contribution in [0.15, 0.2) is 35.3 Å². The fourth-order valence-corrected chi connectivity index (χ4v) is 4.72. The van der Waals surface area contributed by atoms with Gasteiger partial charge in [0, 0.05) is 52.5 Å². The highest BCUT2D eigenvalue weighted by molar-refractivity contribution is 5.79. The Morgan fingerprint density at radius 3 is 2.69 bits per heavy atom. The second-order valence-corrected chi connectivity index (χ2v) is 9.04. The van der Waals surface area contributed by atoms with Gasteiger partial charge in [0.15, 0.2) is 5.96 Å². The van der Waals surface area contributed by atoms with Gasteiger partial charge in [-0.3, -0.25) is 9.89 Å². The second kappa shape index (κ2) is 11.0. The molecule has 1 saturated carbocycles. The Kier molecular flexibility index (Phi) is 8.37. The van der Waals surface area contributed by atoms with Crippen LogP contribution in [0.2, 0.25) is 0 Å². The van der Waals surface area contributed by atoms with Gasteiger partial charge in [-0.25, -0.2) is 0 Å². The number of ether oxygens (including phenoxy) is 1. The summed E-state index contributed by atoms with van der Waals surface area (Å²) in [5.41, 5.74) is 1.77. The average molecular weight is 401 g/mol. The topological polar surface area (TPSA) is 48.9 Å². The van der Waals surface area contributed by atoms with Crippen molar-refractivity contribution in [2.45, 2.75) is 58.5 Å². The number of hydrogen-bond acceptors (Lipinski definition) is 3. The Morgan fingerprint density at radius 2 is 2.03 bits per heavy atom. The predicted molar refractivity (Wildman–Crippen MR) is 121 cm³/mol. The summed E-state index contributed by atoms with van der Waals surface area (Å²) < 4.78 is 5.32. The van der Waals surface area contributed by atoms with Gasteiger partial charge in [0.2, 0.25) is 0 Å². The molecule has 0 radical (unpaired) electrons. The molecular weight excluding hydrogens is 360 g/mol. The maximum atomic E-state index is 5.32. The van der Waals surface area contributed by atoms with Gasteiger partial charge in [0.05, 0.1) is 0 Å². The number of guanidine groups is 1. The van der Waals surface area contributed by atoms with E-state index in [1.807, 2.05) is 0 Å². The Labute approximate surface area is 177 Å². The molecule has 162 valence electrons. The van der Waals surface area contributed by atoms with E-state index in [0.29, 0.717) is 17.4 Å². The SMILES string of the molecule is CCNC(=NCC1(CCOC)CCC1)NCC1CC(C)N(Cc2ccccc2)C1. The van der Waals surface area contributed by atoms with Crippen LogP contribution in [0.5, 0.6) is 0 Å². The van der Waals surface area contributed by atoms with E-state index in [2.05, 4.69) is 59.7 Å². The Hall–Kier alpha value is -1.59. The minimum atomic E-state index is 0.368. The van der Waals surface area contributed by atoms with Gasteiger partial charge in [0.1, 0.15) is 0 Å². The van der Waals surface area contributed by atoms with Crippen LogP contribution in [0.1, 0.15) is 51.5 Å². The summed E-state index contributed by atoms with van der Waals surface area (Å²) in [6.07, 6.45) is 6.28. The van der Waals surface area contributed by atoms with E-state index < -0.39 is 0 Å². The molecule has 0 spiro atoms. The van der Waals surface area contributed by atoms with Crippen LogP contribution in [-0.2, 0) is 11.3 Å². The standard InChI is InChI=1S/C24H40N4O/c1-4-25-23(27-19-24(11-8-12-24)13-14-29-3)26-16-22-15-20(2)28(18-22)17-21-9-6-5-7-10-21/h5-7,9-10,20,22H,4,8,11-19H2,1-3H3,(H2,25,26,27). The molecule has 1 aromatic rings. The zero-order valence-corrected chi connectivity index (χ0v) is 18.6. The van der Waals surface area contributed by atoms with Crippen LogP contribution in [0.25, 0.3) is 0 Å². The normalized spacial score (nSPS) is 24.3. The van der Waals surface area contributed by atoms with E-state index in [-0.39, 0.29) is 0 Å². The van der Waals surface area contributed by atoms with Crippen LogP contribution >= 0.6 is 0 Å². The molecule has 1 aromatic carbocycles. The number of rotatable bonds is 10. The van der Waals surface area contributed by atoms with Crippen LogP contribution in [0.4, 0.5) is 0 Å². The molecule has 5 nitrogen and oxygen atoms in total. The molecule has 1 heterocycles. The Bertz CT molecular complexity index is 629. The summed E-state index contributed by atoms with van der Waals surface area (Å²) >= 11 is 0. The zero-order chi connectivity index (χ0) is 20.5. The molecule has 0 amide bonds. The molecule has 1 aliphatic carbocycles. The van der Waals surface area contributed by atoms with E-state index in [1.54, 1.807) is 7.11 Å². The van der Waals surface area contributed by atoms with E-state index in [0.717, 1.165) is 51.7 Å². The van der Waals surface area contributed by atoms with E-state index >= 15 is 0 Å². The maximum Gasteiger partial charge on any atom is 0.191 e. The van der Waals surface area contributed by atoms with Crippen molar-refractivity contribution in [1.29, 1.82) is 0 Å². The molecule has 2 N–H and O–H groups in total. The number of likely N-dealkylation sites (tertiary alicyclic amines) is 1. The van der Waals surface area contributed by atoms with Gasteiger partial charge in [-0.05, 0) is 56.4 Å². The highest BCUT2D eigenvalue weighted by Gasteiger charge is 2.36. The van der Waals surface area contributed by atoms with Gasteiger partial charge in [0.25, 0.3) is 0 Å². The van der Waals surface area contributed by atoms with Crippen molar-refractivity contribution in [2.75, 3.05) is 39.9 Å².